The number of carboxylic acid groups (broad SMARTS) is 1. The lowest BCUT2D eigenvalue weighted by Crippen LogP contribution is -2.37. The number of carbonyl (C=O) groups excluding carboxylic acids is 1. The van der Waals surface area contributed by atoms with Crippen molar-refractivity contribution in [2.24, 2.45) is 5.92 Å². The van der Waals surface area contributed by atoms with E-state index in [1.807, 2.05) is 0 Å². The highest BCUT2D eigenvalue weighted by molar-refractivity contribution is 6.33. The van der Waals surface area contributed by atoms with E-state index < -0.39 is 6.09 Å². The van der Waals surface area contributed by atoms with Crippen LogP contribution in [0.2, 0.25) is 5.02 Å². The van der Waals surface area contributed by atoms with Crippen LogP contribution in [0, 0.1) is 17.8 Å². The van der Waals surface area contributed by atoms with Crippen LogP contribution in [0.3, 0.4) is 0 Å². The number of halogens is 1. The average molecular weight is 349 g/mol. The molecule has 1 aliphatic rings. The molecule has 0 saturated carbocycles. The summed E-state index contributed by atoms with van der Waals surface area (Å²) >= 11 is 6.17. The second-order valence-corrected chi connectivity index (χ2v) is 6.52. The fourth-order valence-corrected chi connectivity index (χ4v) is 2.89. The minimum absolute atomic E-state index is 0.135. The first-order valence-electron chi connectivity index (χ1n) is 7.86. The number of rotatable bonds is 2. The molecule has 0 radical (unpaired) electrons. The molecule has 128 valence electrons. The Morgan fingerprint density at radius 3 is 2.54 bits per heavy atom. The van der Waals surface area contributed by atoms with Gasteiger partial charge >= 0.3 is 6.09 Å². The summed E-state index contributed by atoms with van der Waals surface area (Å²) in [6.45, 7) is 1.16. The molecular weight excluding hydrogens is 328 g/mol. The standard InChI is InChI=1S/C18H21ClN2O3/c1-20(2)17(22)15-7-6-14(12-16(15)19)5-3-4-13-8-10-21(11-9-13)18(23)24/h6-7,12-13H,4,8-11H2,1-2H3,(H,23,24). The molecule has 5 nitrogen and oxygen atoms in total. The van der Waals surface area contributed by atoms with Crippen molar-refractivity contribution in [1.82, 2.24) is 9.80 Å². The van der Waals surface area contributed by atoms with Gasteiger partial charge in [0, 0.05) is 39.2 Å². The van der Waals surface area contributed by atoms with Crippen LogP contribution in [0.5, 0.6) is 0 Å². The van der Waals surface area contributed by atoms with Gasteiger partial charge in [0.25, 0.3) is 5.91 Å². The number of nitrogens with zero attached hydrogens (tertiary/aromatic N) is 2. The maximum atomic E-state index is 11.9. The number of amides is 2. The normalized spacial score (nSPS) is 14.7. The summed E-state index contributed by atoms with van der Waals surface area (Å²) in [6.07, 6.45) is 1.58. The molecule has 0 bridgehead atoms. The van der Waals surface area contributed by atoms with Crippen molar-refractivity contribution in [2.45, 2.75) is 19.3 Å². The number of hydrogen-bond acceptors (Lipinski definition) is 2. The first kappa shape index (κ1) is 18.2. The van der Waals surface area contributed by atoms with Gasteiger partial charge in [0.15, 0.2) is 0 Å². The lowest BCUT2D eigenvalue weighted by molar-refractivity contribution is 0.0827. The molecule has 1 saturated heterocycles. The summed E-state index contributed by atoms with van der Waals surface area (Å²) in [4.78, 5) is 25.7. The Bertz CT molecular complexity index is 683. The van der Waals surface area contributed by atoms with Crippen LogP contribution in [0.4, 0.5) is 4.79 Å². The van der Waals surface area contributed by atoms with Crippen LogP contribution in [-0.4, -0.2) is 54.1 Å². The van der Waals surface area contributed by atoms with Gasteiger partial charge in [-0.3, -0.25) is 4.79 Å². The van der Waals surface area contributed by atoms with E-state index in [9.17, 15) is 9.59 Å². The summed E-state index contributed by atoms with van der Waals surface area (Å²) in [6, 6.07) is 5.20. The molecule has 1 aliphatic heterocycles. The maximum absolute atomic E-state index is 11.9. The van der Waals surface area contributed by atoms with E-state index in [4.69, 9.17) is 16.7 Å². The van der Waals surface area contributed by atoms with Crippen LogP contribution in [0.1, 0.15) is 35.2 Å². The van der Waals surface area contributed by atoms with E-state index in [1.54, 1.807) is 32.3 Å². The van der Waals surface area contributed by atoms with E-state index in [1.165, 1.54) is 9.80 Å². The minimum Gasteiger partial charge on any atom is -0.465 e. The molecule has 0 aromatic heterocycles. The highest BCUT2D eigenvalue weighted by atomic mass is 35.5. The molecule has 1 aromatic rings. The molecule has 1 fully saturated rings. The molecule has 0 unspecified atom stereocenters. The largest absolute Gasteiger partial charge is 0.465 e. The van der Waals surface area contributed by atoms with E-state index >= 15 is 0 Å². The average Bonchev–Trinajstić information content (AvgIpc) is 2.55. The van der Waals surface area contributed by atoms with Gasteiger partial charge in [0.2, 0.25) is 0 Å². The zero-order chi connectivity index (χ0) is 17.7. The van der Waals surface area contributed by atoms with Crippen molar-refractivity contribution in [3.63, 3.8) is 0 Å². The third-order valence-electron chi connectivity index (χ3n) is 4.11. The zero-order valence-corrected chi connectivity index (χ0v) is 14.6. The smallest absolute Gasteiger partial charge is 0.407 e. The van der Waals surface area contributed by atoms with Crippen LogP contribution < -0.4 is 0 Å². The van der Waals surface area contributed by atoms with Crippen LogP contribution in [-0.2, 0) is 0 Å². The number of piperidine rings is 1. The minimum atomic E-state index is -0.846. The first-order chi connectivity index (χ1) is 11.4. The Morgan fingerprint density at radius 1 is 1.33 bits per heavy atom. The third kappa shape index (κ3) is 4.65. The number of benzene rings is 1. The van der Waals surface area contributed by atoms with Crippen LogP contribution >= 0.6 is 11.6 Å². The van der Waals surface area contributed by atoms with Gasteiger partial charge < -0.3 is 14.9 Å². The third-order valence-corrected chi connectivity index (χ3v) is 4.43. The summed E-state index contributed by atoms with van der Waals surface area (Å²) in [5.74, 6) is 6.51. The second kappa shape index (κ2) is 8.07. The zero-order valence-electron chi connectivity index (χ0n) is 13.9. The number of hydrogen-bond donors (Lipinski definition) is 1. The molecule has 6 heteroatoms. The van der Waals surface area contributed by atoms with Gasteiger partial charge in [0.05, 0.1) is 10.6 Å². The van der Waals surface area contributed by atoms with E-state index in [0.717, 1.165) is 24.8 Å². The predicted molar refractivity (Wildman–Crippen MR) is 93.3 cm³/mol. The van der Waals surface area contributed by atoms with Gasteiger partial charge in [-0.2, -0.15) is 0 Å². The SMILES string of the molecule is CN(C)C(=O)c1ccc(C#CCC2CCN(C(=O)O)CC2)cc1Cl. The van der Waals surface area contributed by atoms with Gasteiger partial charge in [-0.25, -0.2) is 4.79 Å². The Balaban J connectivity index is 1.94. The molecular formula is C18H21ClN2O3. The Kier molecular flexibility index (Phi) is 6.10. The Labute approximate surface area is 147 Å². The van der Waals surface area contributed by atoms with E-state index in [2.05, 4.69) is 11.8 Å². The second-order valence-electron chi connectivity index (χ2n) is 6.11. The summed E-state index contributed by atoms with van der Waals surface area (Å²) < 4.78 is 0. The van der Waals surface area contributed by atoms with Gasteiger partial charge in [-0.15, -0.1) is 0 Å². The first-order valence-corrected chi connectivity index (χ1v) is 8.24. The molecule has 24 heavy (non-hydrogen) atoms. The van der Waals surface area contributed by atoms with Crippen molar-refractivity contribution in [1.29, 1.82) is 0 Å². The molecule has 0 atom stereocenters. The summed E-state index contributed by atoms with van der Waals surface area (Å²) in [5.41, 5.74) is 1.24. The Hall–Kier alpha value is -2.19. The number of carbonyl (C=O) groups is 2. The highest BCUT2D eigenvalue weighted by Gasteiger charge is 2.21. The lowest BCUT2D eigenvalue weighted by Gasteiger charge is -2.28. The monoisotopic (exact) mass is 348 g/mol. The molecule has 1 N–H and O–H groups in total. The molecule has 0 spiro atoms. The summed E-state index contributed by atoms with van der Waals surface area (Å²) in [7, 11) is 3.37. The molecule has 2 amide bonds. The quantitative estimate of drug-likeness (QED) is 0.835. The highest BCUT2D eigenvalue weighted by Crippen LogP contribution is 2.21. The van der Waals surface area contributed by atoms with E-state index in [-0.39, 0.29) is 5.91 Å². The predicted octanol–water partition coefficient (Wildman–Crippen LogP) is 3.17. The summed E-state index contributed by atoms with van der Waals surface area (Å²) in [5, 5.41) is 9.33. The number of likely N-dealkylation sites (tertiary alicyclic amines) is 1. The van der Waals surface area contributed by atoms with Gasteiger partial charge in [-0.1, -0.05) is 23.4 Å². The molecule has 1 heterocycles. The van der Waals surface area contributed by atoms with Crippen molar-refractivity contribution in [2.75, 3.05) is 27.2 Å². The van der Waals surface area contributed by atoms with Crippen molar-refractivity contribution in [3.05, 3.63) is 34.3 Å². The Morgan fingerprint density at radius 2 is 2.00 bits per heavy atom. The lowest BCUT2D eigenvalue weighted by atomic mass is 9.94. The molecule has 2 rings (SSSR count). The maximum Gasteiger partial charge on any atom is 0.407 e. The topological polar surface area (TPSA) is 60.9 Å². The van der Waals surface area contributed by atoms with E-state index in [0.29, 0.717) is 29.6 Å². The van der Waals surface area contributed by atoms with Crippen molar-refractivity contribution in [3.8, 4) is 11.8 Å². The van der Waals surface area contributed by atoms with Gasteiger partial charge in [0.1, 0.15) is 0 Å². The molecule has 1 aromatic carbocycles. The fraction of sp³-hybridized carbons (Fsp3) is 0.444. The fourth-order valence-electron chi connectivity index (χ4n) is 2.63. The van der Waals surface area contributed by atoms with Gasteiger partial charge in [-0.05, 0) is 37.0 Å². The van der Waals surface area contributed by atoms with Crippen molar-refractivity contribution < 1.29 is 14.7 Å². The van der Waals surface area contributed by atoms with Crippen molar-refractivity contribution >= 4 is 23.6 Å². The van der Waals surface area contributed by atoms with Crippen LogP contribution in [0.25, 0.3) is 0 Å². The molecule has 0 aliphatic carbocycles. The van der Waals surface area contributed by atoms with Crippen LogP contribution in [0.15, 0.2) is 18.2 Å².